The van der Waals surface area contributed by atoms with Crippen LogP contribution in [0.15, 0.2) is 48.7 Å². The lowest BCUT2D eigenvalue weighted by Crippen LogP contribution is -2.23. The highest BCUT2D eigenvalue weighted by molar-refractivity contribution is 6.31. The van der Waals surface area contributed by atoms with Gasteiger partial charge in [-0.05, 0) is 42.7 Å². The summed E-state index contributed by atoms with van der Waals surface area (Å²) in [6, 6.07) is 8.23. The second-order valence-corrected chi connectivity index (χ2v) is 8.73. The van der Waals surface area contributed by atoms with Gasteiger partial charge in [0, 0.05) is 28.6 Å². The van der Waals surface area contributed by atoms with Crippen LogP contribution in [0.25, 0.3) is 11.1 Å². The van der Waals surface area contributed by atoms with Crippen LogP contribution >= 0.6 is 11.6 Å². The third-order valence-corrected chi connectivity index (χ3v) is 6.14. The molecule has 1 amide bonds. The van der Waals surface area contributed by atoms with Gasteiger partial charge < -0.3 is 10.4 Å². The van der Waals surface area contributed by atoms with Crippen molar-refractivity contribution in [3.63, 3.8) is 0 Å². The average molecular weight is 507 g/mol. The molecule has 1 aliphatic rings. The van der Waals surface area contributed by atoms with E-state index in [1.54, 1.807) is 0 Å². The minimum absolute atomic E-state index is 0.0810. The lowest BCUT2D eigenvalue weighted by atomic mass is 9.94. The number of amides is 1. The van der Waals surface area contributed by atoms with E-state index in [0.29, 0.717) is 18.0 Å². The second-order valence-electron chi connectivity index (χ2n) is 8.32. The maximum atomic E-state index is 14.6. The number of nitrogens with one attached hydrogen (secondary N) is 1. The van der Waals surface area contributed by atoms with E-state index in [1.807, 2.05) is 0 Å². The zero-order chi connectivity index (χ0) is 25.3. The number of carbonyl (C=O) groups excluding carboxylic acids is 1. The van der Waals surface area contributed by atoms with Gasteiger partial charge in [0.25, 0.3) is 6.43 Å². The van der Waals surface area contributed by atoms with Crippen molar-refractivity contribution >= 4 is 29.2 Å². The molecule has 1 unspecified atom stereocenters. The van der Waals surface area contributed by atoms with Crippen molar-refractivity contribution in [2.75, 3.05) is 5.32 Å². The Morgan fingerprint density at radius 2 is 1.86 bits per heavy atom. The molecule has 0 radical (unpaired) electrons. The average Bonchev–Trinajstić information content (AvgIpc) is 3.63. The predicted octanol–water partition coefficient (Wildman–Crippen LogP) is 6.84. The Morgan fingerprint density at radius 3 is 2.43 bits per heavy atom. The van der Waals surface area contributed by atoms with Gasteiger partial charge in [0.2, 0.25) is 5.91 Å². The van der Waals surface area contributed by atoms with E-state index in [0.717, 1.165) is 37.1 Å². The van der Waals surface area contributed by atoms with E-state index in [-0.39, 0.29) is 21.8 Å². The molecule has 2 N–H and O–H groups in total. The first kappa shape index (κ1) is 24.7. The molecule has 1 fully saturated rings. The third kappa shape index (κ3) is 5.45. The summed E-state index contributed by atoms with van der Waals surface area (Å²) < 4.78 is 55.5. The minimum atomic E-state index is -2.93. The molecule has 3 aromatic rings. The van der Waals surface area contributed by atoms with Crippen LogP contribution in [-0.2, 0) is 4.79 Å². The predicted molar refractivity (Wildman–Crippen MR) is 122 cm³/mol. The van der Waals surface area contributed by atoms with E-state index in [2.05, 4.69) is 10.3 Å². The van der Waals surface area contributed by atoms with Gasteiger partial charge in [-0.25, -0.2) is 22.4 Å². The number of anilines is 1. The van der Waals surface area contributed by atoms with Crippen molar-refractivity contribution in [3.8, 4) is 11.1 Å². The Balaban J connectivity index is 1.61. The number of benzene rings is 2. The molecule has 1 aromatic heterocycles. The van der Waals surface area contributed by atoms with Gasteiger partial charge in [-0.3, -0.25) is 9.78 Å². The van der Waals surface area contributed by atoms with Gasteiger partial charge >= 0.3 is 5.97 Å². The highest BCUT2D eigenvalue weighted by atomic mass is 35.5. The summed E-state index contributed by atoms with van der Waals surface area (Å²) in [5.74, 6) is -4.33. The first-order valence-corrected chi connectivity index (χ1v) is 11.1. The van der Waals surface area contributed by atoms with Crippen LogP contribution in [0, 0.1) is 17.6 Å². The molecular formula is C25H19ClF4N2O3. The van der Waals surface area contributed by atoms with Gasteiger partial charge in [-0.1, -0.05) is 36.6 Å². The molecule has 1 aliphatic carbocycles. The lowest BCUT2D eigenvalue weighted by molar-refractivity contribution is -0.117. The van der Waals surface area contributed by atoms with Gasteiger partial charge in [0.1, 0.15) is 11.6 Å². The molecule has 35 heavy (non-hydrogen) atoms. The number of carboxylic acids is 1. The fourth-order valence-electron chi connectivity index (χ4n) is 3.84. The van der Waals surface area contributed by atoms with Crippen LogP contribution in [0.3, 0.4) is 0 Å². The lowest BCUT2D eigenvalue weighted by Gasteiger charge is -2.17. The monoisotopic (exact) mass is 506 g/mol. The van der Waals surface area contributed by atoms with Crippen LogP contribution in [0.5, 0.6) is 0 Å². The normalized spacial score (nSPS) is 14.1. The van der Waals surface area contributed by atoms with E-state index in [1.165, 1.54) is 24.4 Å². The van der Waals surface area contributed by atoms with Crippen molar-refractivity contribution in [1.82, 2.24) is 4.98 Å². The van der Waals surface area contributed by atoms with Crippen molar-refractivity contribution in [2.45, 2.75) is 31.6 Å². The zero-order valence-electron chi connectivity index (χ0n) is 18.1. The molecule has 2 aromatic carbocycles. The SMILES string of the molecule is O=C(O)c1ccc(NC(=O)C(CC2CC2)c2ccc(-c3c(C(F)F)ccc(Cl)c3F)cn2)cc1F. The summed E-state index contributed by atoms with van der Waals surface area (Å²) in [5, 5.41) is 11.2. The van der Waals surface area contributed by atoms with Gasteiger partial charge in [-0.2, -0.15) is 0 Å². The first-order valence-electron chi connectivity index (χ1n) is 10.7. The molecule has 1 atom stereocenters. The largest absolute Gasteiger partial charge is 0.478 e. The first-order chi connectivity index (χ1) is 16.7. The fourth-order valence-corrected chi connectivity index (χ4v) is 4.00. The Labute approximate surface area is 202 Å². The van der Waals surface area contributed by atoms with Crippen LogP contribution < -0.4 is 5.32 Å². The van der Waals surface area contributed by atoms with Crippen LogP contribution in [-0.4, -0.2) is 22.0 Å². The Hall–Kier alpha value is -3.46. The van der Waals surface area contributed by atoms with Gasteiger partial charge in [0.05, 0.1) is 22.2 Å². The molecule has 182 valence electrons. The van der Waals surface area contributed by atoms with Crippen LogP contribution in [0.2, 0.25) is 5.02 Å². The maximum absolute atomic E-state index is 14.6. The molecular weight excluding hydrogens is 488 g/mol. The Morgan fingerprint density at radius 1 is 1.11 bits per heavy atom. The number of hydrogen-bond donors (Lipinski definition) is 2. The fraction of sp³-hybridized carbons (Fsp3) is 0.240. The zero-order valence-corrected chi connectivity index (χ0v) is 18.8. The van der Waals surface area contributed by atoms with Crippen molar-refractivity contribution in [2.24, 2.45) is 5.92 Å². The molecule has 1 heterocycles. The standard InChI is InChI=1S/C25H19ClF4N2O3/c26-18-7-6-16(23(29)30)21(22(18)28)13-3-8-20(31-11-13)17(9-12-1-2-12)24(33)32-14-4-5-15(25(34)35)19(27)10-14/h3-8,10-12,17,23H,1-2,9H2,(H,32,33)(H,34,35). The molecule has 0 spiro atoms. The number of pyridine rings is 1. The molecule has 1 saturated carbocycles. The Kier molecular flexibility index (Phi) is 7.07. The molecule has 4 rings (SSSR count). The number of rotatable bonds is 8. The Bertz CT molecular complexity index is 1280. The number of hydrogen-bond acceptors (Lipinski definition) is 3. The summed E-state index contributed by atoms with van der Waals surface area (Å²) in [6.07, 6.45) is 0.620. The quantitative estimate of drug-likeness (QED) is 0.328. The number of halogens is 5. The van der Waals surface area contributed by atoms with Crippen molar-refractivity contribution in [3.05, 3.63) is 82.1 Å². The van der Waals surface area contributed by atoms with Crippen LogP contribution in [0.1, 0.15) is 53.2 Å². The number of carbonyl (C=O) groups is 2. The van der Waals surface area contributed by atoms with E-state index in [4.69, 9.17) is 16.7 Å². The summed E-state index contributed by atoms with van der Waals surface area (Å²) >= 11 is 5.79. The number of carboxylic acid groups (broad SMARTS) is 1. The van der Waals surface area contributed by atoms with Crippen molar-refractivity contribution in [1.29, 1.82) is 0 Å². The number of aromatic carboxylic acids is 1. The molecule has 0 saturated heterocycles. The van der Waals surface area contributed by atoms with Gasteiger partial charge in [0.15, 0.2) is 0 Å². The minimum Gasteiger partial charge on any atom is -0.478 e. The molecule has 0 bridgehead atoms. The smallest absolute Gasteiger partial charge is 0.338 e. The molecule has 5 nitrogen and oxygen atoms in total. The van der Waals surface area contributed by atoms with E-state index < -0.39 is 47.0 Å². The van der Waals surface area contributed by atoms with E-state index >= 15 is 0 Å². The number of nitrogens with zero attached hydrogens (tertiary/aromatic N) is 1. The maximum Gasteiger partial charge on any atom is 0.338 e. The molecule has 10 heteroatoms. The summed E-state index contributed by atoms with van der Waals surface area (Å²) in [6.45, 7) is 0. The second kappa shape index (κ2) is 10.0. The topological polar surface area (TPSA) is 79.3 Å². The number of alkyl halides is 2. The highest BCUT2D eigenvalue weighted by Crippen LogP contribution is 2.40. The summed E-state index contributed by atoms with van der Waals surface area (Å²) in [7, 11) is 0. The molecule has 0 aliphatic heterocycles. The number of aromatic nitrogens is 1. The van der Waals surface area contributed by atoms with Crippen molar-refractivity contribution < 1.29 is 32.3 Å². The third-order valence-electron chi connectivity index (χ3n) is 5.84. The summed E-state index contributed by atoms with van der Waals surface area (Å²) in [4.78, 5) is 28.3. The highest BCUT2D eigenvalue weighted by Gasteiger charge is 2.32. The van der Waals surface area contributed by atoms with E-state index in [9.17, 15) is 27.2 Å². The van der Waals surface area contributed by atoms with Gasteiger partial charge in [-0.15, -0.1) is 0 Å². The summed E-state index contributed by atoms with van der Waals surface area (Å²) in [5.41, 5.74) is -0.907. The van der Waals surface area contributed by atoms with Crippen LogP contribution in [0.4, 0.5) is 23.2 Å².